The lowest BCUT2D eigenvalue weighted by Crippen LogP contribution is -2.36. The summed E-state index contributed by atoms with van der Waals surface area (Å²) in [6, 6.07) is 5.27. The number of methoxy groups -OCH3 is 2. The van der Waals surface area contributed by atoms with E-state index in [9.17, 15) is 18.0 Å². The molecule has 0 radical (unpaired) electrons. The molecule has 4 rings (SSSR count). The molecular formula is C20H19F3N4O4. The predicted octanol–water partition coefficient (Wildman–Crippen LogP) is 4.41. The summed E-state index contributed by atoms with van der Waals surface area (Å²) in [5.74, 6) is 0.514. The number of alkyl halides is 3. The number of fused-ring (bicyclic) bond motifs is 1. The number of amides is 1. The molecule has 164 valence electrons. The Balaban J connectivity index is 1.67. The van der Waals surface area contributed by atoms with Crippen molar-refractivity contribution in [1.29, 1.82) is 0 Å². The number of aromatic nitrogens is 2. The van der Waals surface area contributed by atoms with Crippen LogP contribution in [0.4, 0.5) is 24.7 Å². The Bertz CT molecular complexity index is 1080. The highest BCUT2D eigenvalue weighted by Crippen LogP contribution is 2.44. The second kappa shape index (κ2) is 7.89. The lowest BCUT2D eigenvalue weighted by Gasteiger charge is -2.32. The Morgan fingerprint density at radius 2 is 2.10 bits per heavy atom. The van der Waals surface area contributed by atoms with Crippen LogP contribution in [0.1, 0.15) is 34.6 Å². The van der Waals surface area contributed by atoms with Crippen LogP contribution in [-0.4, -0.2) is 36.1 Å². The molecule has 31 heavy (non-hydrogen) atoms. The second-order valence-corrected chi connectivity index (χ2v) is 6.88. The average Bonchev–Trinajstić information content (AvgIpc) is 3.42. The summed E-state index contributed by atoms with van der Waals surface area (Å²) in [5, 5.41) is 9.45. The van der Waals surface area contributed by atoms with E-state index in [4.69, 9.17) is 13.9 Å². The maximum absolute atomic E-state index is 13.7. The van der Waals surface area contributed by atoms with Crippen molar-refractivity contribution < 1.29 is 31.9 Å². The number of furan rings is 1. The molecule has 1 aliphatic heterocycles. The van der Waals surface area contributed by atoms with E-state index in [1.54, 1.807) is 30.3 Å². The standard InChI is InChI=1S/C20H19F3N4O4/c1-29-11-5-6-13(16(8-11)30-2)26-19(28)12-10-24-27-17(20(21,22)23)9-14(25-18(12)27)15-4-3-7-31-15/h3-8,10,14,17,25H,9H2,1-2H3,(H,26,28)/t14-,17-/m0/s1. The first-order chi connectivity index (χ1) is 14.8. The van der Waals surface area contributed by atoms with Gasteiger partial charge in [0, 0.05) is 12.5 Å². The fourth-order valence-corrected chi connectivity index (χ4v) is 3.50. The Labute approximate surface area is 174 Å². The minimum absolute atomic E-state index is 0.0385. The summed E-state index contributed by atoms with van der Waals surface area (Å²) in [6.45, 7) is 0. The van der Waals surface area contributed by atoms with Gasteiger partial charge >= 0.3 is 6.18 Å². The minimum Gasteiger partial charge on any atom is -0.497 e. The number of nitrogens with zero attached hydrogens (tertiary/aromatic N) is 2. The lowest BCUT2D eigenvalue weighted by molar-refractivity contribution is -0.174. The summed E-state index contributed by atoms with van der Waals surface area (Å²) in [5.41, 5.74) is 0.294. The van der Waals surface area contributed by atoms with Gasteiger partial charge in [-0.15, -0.1) is 0 Å². The number of benzene rings is 1. The molecule has 0 aliphatic carbocycles. The predicted molar refractivity (Wildman–Crippen MR) is 105 cm³/mol. The number of ether oxygens (including phenoxy) is 2. The number of rotatable bonds is 5. The molecule has 0 fully saturated rings. The SMILES string of the molecule is COc1ccc(NC(=O)c2cnn3c2N[C@H](c2ccco2)C[C@H]3C(F)(F)F)c(OC)c1. The summed E-state index contributed by atoms with van der Waals surface area (Å²) >= 11 is 0. The van der Waals surface area contributed by atoms with E-state index < -0.39 is 24.2 Å². The van der Waals surface area contributed by atoms with Gasteiger partial charge in [-0.1, -0.05) is 0 Å². The van der Waals surface area contributed by atoms with Crippen molar-refractivity contribution in [2.24, 2.45) is 0 Å². The molecule has 2 N–H and O–H groups in total. The van der Waals surface area contributed by atoms with Crippen molar-refractivity contribution in [3.05, 3.63) is 54.1 Å². The van der Waals surface area contributed by atoms with Gasteiger partial charge in [-0.05, 0) is 24.3 Å². The first kappa shape index (κ1) is 20.6. The number of hydrogen-bond donors (Lipinski definition) is 2. The summed E-state index contributed by atoms with van der Waals surface area (Å²) in [6.07, 6.45) is -2.38. The maximum Gasteiger partial charge on any atom is 0.410 e. The van der Waals surface area contributed by atoms with E-state index in [-0.39, 0.29) is 17.8 Å². The normalized spacial score (nSPS) is 18.1. The number of carbonyl (C=O) groups is 1. The summed E-state index contributed by atoms with van der Waals surface area (Å²) < 4.78 is 57.6. The van der Waals surface area contributed by atoms with E-state index in [1.807, 2.05) is 0 Å². The van der Waals surface area contributed by atoms with Gasteiger partial charge in [0.25, 0.3) is 5.91 Å². The fraction of sp³-hybridized carbons (Fsp3) is 0.300. The van der Waals surface area contributed by atoms with E-state index >= 15 is 0 Å². The van der Waals surface area contributed by atoms with Gasteiger partial charge in [0.15, 0.2) is 6.04 Å². The van der Waals surface area contributed by atoms with E-state index in [0.29, 0.717) is 22.9 Å². The molecule has 3 heterocycles. The van der Waals surface area contributed by atoms with Gasteiger partial charge < -0.3 is 24.5 Å². The van der Waals surface area contributed by atoms with Gasteiger partial charge in [0.05, 0.1) is 38.4 Å². The molecule has 0 spiro atoms. The van der Waals surface area contributed by atoms with Crippen LogP contribution in [0.5, 0.6) is 11.5 Å². The maximum atomic E-state index is 13.7. The van der Waals surface area contributed by atoms with E-state index in [2.05, 4.69) is 15.7 Å². The molecule has 0 saturated carbocycles. The van der Waals surface area contributed by atoms with Crippen molar-refractivity contribution in [2.45, 2.75) is 24.7 Å². The molecule has 1 aromatic carbocycles. The highest BCUT2D eigenvalue weighted by atomic mass is 19.4. The second-order valence-electron chi connectivity index (χ2n) is 6.88. The number of anilines is 2. The topological polar surface area (TPSA) is 90.5 Å². The first-order valence-electron chi connectivity index (χ1n) is 9.29. The molecule has 1 amide bonds. The van der Waals surface area contributed by atoms with Crippen LogP contribution in [0.25, 0.3) is 0 Å². The molecule has 11 heteroatoms. The van der Waals surface area contributed by atoms with Crippen molar-refractivity contribution in [1.82, 2.24) is 9.78 Å². The van der Waals surface area contributed by atoms with Crippen LogP contribution >= 0.6 is 0 Å². The third kappa shape index (κ3) is 3.90. The van der Waals surface area contributed by atoms with Crippen LogP contribution in [0.2, 0.25) is 0 Å². The van der Waals surface area contributed by atoms with Crippen LogP contribution < -0.4 is 20.1 Å². The minimum atomic E-state index is -4.55. The Kier molecular flexibility index (Phi) is 5.25. The molecular weight excluding hydrogens is 417 g/mol. The van der Waals surface area contributed by atoms with Crippen LogP contribution in [-0.2, 0) is 0 Å². The smallest absolute Gasteiger partial charge is 0.410 e. The highest BCUT2D eigenvalue weighted by molar-refractivity contribution is 6.08. The molecule has 3 aromatic rings. The molecule has 0 unspecified atom stereocenters. The molecule has 2 atom stereocenters. The first-order valence-corrected chi connectivity index (χ1v) is 9.29. The zero-order chi connectivity index (χ0) is 22.2. The third-order valence-electron chi connectivity index (χ3n) is 5.03. The largest absolute Gasteiger partial charge is 0.497 e. The monoisotopic (exact) mass is 436 g/mol. The summed E-state index contributed by atoms with van der Waals surface area (Å²) in [7, 11) is 2.92. The quantitative estimate of drug-likeness (QED) is 0.616. The van der Waals surface area contributed by atoms with Crippen molar-refractivity contribution >= 4 is 17.4 Å². The number of nitrogens with one attached hydrogen (secondary N) is 2. The Morgan fingerprint density at radius 1 is 1.29 bits per heavy atom. The van der Waals surface area contributed by atoms with Gasteiger partial charge in [-0.3, -0.25) is 4.79 Å². The van der Waals surface area contributed by atoms with E-state index in [0.717, 1.165) is 10.9 Å². The van der Waals surface area contributed by atoms with Crippen molar-refractivity contribution in [3.63, 3.8) is 0 Å². The van der Waals surface area contributed by atoms with E-state index in [1.165, 1.54) is 20.5 Å². The Morgan fingerprint density at radius 3 is 2.74 bits per heavy atom. The van der Waals surface area contributed by atoms with Crippen LogP contribution in [0.3, 0.4) is 0 Å². The number of carbonyl (C=O) groups excluding carboxylic acids is 1. The molecule has 0 saturated heterocycles. The third-order valence-corrected chi connectivity index (χ3v) is 5.03. The van der Waals surface area contributed by atoms with Gasteiger partial charge in [-0.2, -0.15) is 18.3 Å². The average molecular weight is 436 g/mol. The summed E-state index contributed by atoms with van der Waals surface area (Å²) in [4.78, 5) is 12.9. The highest BCUT2D eigenvalue weighted by Gasteiger charge is 2.47. The van der Waals surface area contributed by atoms with Crippen LogP contribution in [0.15, 0.2) is 47.2 Å². The number of hydrogen-bond acceptors (Lipinski definition) is 6. The van der Waals surface area contributed by atoms with Crippen molar-refractivity contribution in [3.8, 4) is 11.5 Å². The zero-order valence-corrected chi connectivity index (χ0v) is 16.6. The molecule has 0 bridgehead atoms. The van der Waals surface area contributed by atoms with Crippen LogP contribution in [0, 0.1) is 0 Å². The molecule has 8 nitrogen and oxygen atoms in total. The van der Waals surface area contributed by atoms with Gasteiger partial charge in [0.1, 0.15) is 28.6 Å². The molecule has 2 aromatic heterocycles. The van der Waals surface area contributed by atoms with Gasteiger partial charge in [0.2, 0.25) is 0 Å². The van der Waals surface area contributed by atoms with Crippen molar-refractivity contribution in [2.75, 3.05) is 24.9 Å². The zero-order valence-electron chi connectivity index (χ0n) is 16.6. The Hall–Kier alpha value is -3.63. The van der Waals surface area contributed by atoms with Gasteiger partial charge in [-0.25, -0.2) is 4.68 Å². The molecule has 1 aliphatic rings. The number of halogens is 3. The lowest BCUT2D eigenvalue weighted by atomic mass is 10.0. The fourth-order valence-electron chi connectivity index (χ4n) is 3.50.